The van der Waals surface area contributed by atoms with Gasteiger partial charge in [0.1, 0.15) is 5.69 Å². The number of anilines is 1. The van der Waals surface area contributed by atoms with Crippen molar-refractivity contribution in [3.8, 4) is 5.69 Å². The number of carbonyl (C=O) groups is 1. The van der Waals surface area contributed by atoms with Crippen molar-refractivity contribution < 1.29 is 4.79 Å². The molecule has 1 aromatic carbocycles. The van der Waals surface area contributed by atoms with Crippen LogP contribution in [0.2, 0.25) is 5.02 Å². The van der Waals surface area contributed by atoms with Gasteiger partial charge in [-0.1, -0.05) is 17.7 Å². The van der Waals surface area contributed by atoms with Gasteiger partial charge in [-0.2, -0.15) is 5.10 Å². The van der Waals surface area contributed by atoms with Crippen LogP contribution >= 0.6 is 11.6 Å². The third-order valence-corrected chi connectivity index (χ3v) is 3.78. The van der Waals surface area contributed by atoms with Gasteiger partial charge in [-0.05, 0) is 43.3 Å². The first-order valence-corrected chi connectivity index (χ1v) is 7.63. The second-order valence-corrected chi connectivity index (χ2v) is 5.79. The number of hydrogen-bond acceptors (Lipinski definition) is 3. The molecule has 0 atom stereocenters. The van der Waals surface area contributed by atoms with E-state index in [2.05, 4.69) is 10.4 Å². The first kappa shape index (κ1) is 16.0. The molecule has 0 saturated carbocycles. The van der Waals surface area contributed by atoms with Crippen LogP contribution in [0.1, 0.15) is 16.2 Å². The Bertz CT molecular complexity index is 975. The van der Waals surface area contributed by atoms with Gasteiger partial charge in [0.25, 0.3) is 11.5 Å². The van der Waals surface area contributed by atoms with E-state index in [1.165, 1.54) is 4.57 Å². The molecule has 0 fully saturated rings. The van der Waals surface area contributed by atoms with Crippen LogP contribution in [0, 0.1) is 6.92 Å². The number of pyridine rings is 1. The molecule has 3 aromatic rings. The Morgan fingerprint density at radius 2 is 2.00 bits per heavy atom. The predicted octanol–water partition coefficient (Wildman–Crippen LogP) is 2.79. The van der Waals surface area contributed by atoms with Crippen LogP contribution in [0.15, 0.2) is 53.5 Å². The molecule has 0 bridgehead atoms. The normalized spacial score (nSPS) is 10.6. The highest BCUT2D eigenvalue weighted by Gasteiger charge is 2.15. The number of halogens is 1. The second kappa shape index (κ2) is 6.33. The summed E-state index contributed by atoms with van der Waals surface area (Å²) >= 11 is 6.00. The summed E-state index contributed by atoms with van der Waals surface area (Å²) in [6.45, 7) is 1.84. The monoisotopic (exact) mass is 342 g/mol. The third kappa shape index (κ3) is 3.09. The van der Waals surface area contributed by atoms with Crippen LogP contribution in [0.25, 0.3) is 5.69 Å². The minimum atomic E-state index is -0.442. The maximum Gasteiger partial charge on any atom is 0.276 e. The zero-order valence-corrected chi connectivity index (χ0v) is 13.9. The van der Waals surface area contributed by atoms with Crippen molar-refractivity contribution in [1.82, 2.24) is 14.3 Å². The van der Waals surface area contributed by atoms with Gasteiger partial charge in [-0.25, -0.2) is 4.68 Å². The predicted molar refractivity (Wildman–Crippen MR) is 92.9 cm³/mol. The van der Waals surface area contributed by atoms with Crippen LogP contribution < -0.4 is 10.9 Å². The molecule has 0 saturated heterocycles. The highest BCUT2D eigenvalue weighted by Crippen LogP contribution is 2.17. The van der Waals surface area contributed by atoms with Crippen molar-refractivity contribution in [3.63, 3.8) is 0 Å². The summed E-state index contributed by atoms with van der Waals surface area (Å²) < 4.78 is 3.02. The first-order valence-electron chi connectivity index (χ1n) is 7.25. The van der Waals surface area contributed by atoms with E-state index in [0.717, 1.165) is 11.4 Å². The number of nitrogens with one attached hydrogen (secondary N) is 1. The Balaban J connectivity index is 1.91. The number of nitrogens with zero attached hydrogens (tertiary/aromatic N) is 3. The van der Waals surface area contributed by atoms with E-state index >= 15 is 0 Å². The van der Waals surface area contributed by atoms with Gasteiger partial charge in [-0.15, -0.1) is 0 Å². The standard InChI is InChI=1S/C17H15ClN4O2/c1-11-9-15(20-22(11)13-6-3-5-12(18)10-13)16(23)19-14-7-4-8-21(2)17(14)24/h3-10H,1-2H3,(H,19,23). The summed E-state index contributed by atoms with van der Waals surface area (Å²) in [6, 6.07) is 12.1. The summed E-state index contributed by atoms with van der Waals surface area (Å²) in [5.74, 6) is -0.442. The van der Waals surface area contributed by atoms with Crippen molar-refractivity contribution >= 4 is 23.2 Å². The molecule has 0 aliphatic heterocycles. The molecule has 6 nitrogen and oxygen atoms in total. The highest BCUT2D eigenvalue weighted by atomic mass is 35.5. The topological polar surface area (TPSA) is 68.9 Å². The Morgan fingerprint density at radius 3 is 2.75 bits per heavy atom. The molecule has 2 heterocycles. The lowest BCUT2D eigenvalue weighted by Gasteiger charge is -2.05. The van der Waals surface area contributed by atoms with Gasteiger partial charge in [0.05, 0.1) is 5.69 Å². The average molecular weight is 343 g/mol. The van der Waals surface area contributed by atoms with Gasteiger partial charge in [0.2, 0.25) is 0 Å². The molecule has 1 N–H and O–H groups in total. The number of carbonyl (C=O) groups excluding carboxylic acids is 1. The quantitative estimate of drug-likeness (QED) is 0.795. The molecule has 3 rings (SSSR count). The summed E-state index contributed by atoms with van der Waals surface area (Å²) in [5, 5.41) is 7.49. The van der Waals surface area contributed by atoms with Crippen molar-refractivity contribution in [2.24, 2.45) is 7.05 Å². The largest absolute Gasteiger partial charge is 0.317 e. The molecular weight excluding hydrogens is 328 g/mol. The van der Waals surface area contributed by atoms with Crippen molar-refractivity contribution in [2.45, 2.75) is 6.92 Å². The minimum Gasteiger partial charge on any atom is -0.317 e. The Morgan fingerprint density at radius 1 is 1.21 bits per heavy atom. The second-order valence-electron chi connectivity index (χ2n) is 5.35. The Kier molecular flexibility index (Phi) is 4.22. The summed E-state index contributed by atoms with van der Waals surface area (Å²) in [7, 11) is 1.62. The zero-order chi connectivity index (χ0) is 17.3. The maximum atomic E-state index is 12.4. The van der Waals surface area contributed by atoms with Crippen LogP contribution in [-0.2, 0) is 7.05 Å². The van der Waals surface area contributed by atoms with Crippen LogP contribution in [0.3, 0.4) is 0 Å². The highest BCUT2D eigenvalue weighted by molar-refractivity contribution is 6.30. The fourth-order valence-corrected chi connectivity index (χ4v) is 2.52. The van der Waals surface area contributed by atoms with Gasteiger partial charge in [0.15, 0.2) is 5.69 Å². The summed E-state index contributed by atoms with van der Waals surface area (Å²) in [5.41, 5.74) is 1.69. The third-order valence-electron chi connectivity index (χ3n) is 3.54. The minimum absolute atomic E-state index is 0.208. The molecule has 2 aromatic heterocycles. The zero-order valence-electron chi connectivity index (χ0n) is 13.2. The smallest absolute Gasteiger partial charge is 0.276 e. The SMILES string of the molecule is Cc1cc(C(=O)Nc2cccn(C)c2=O)nn1-c1cccc(Cl)c1. The Labute approximate surface area is 143 Å². The molecule has 0 spiro atoms. The van der Waals surface area contributed by atoms with Gasteiger partial charge in [-0.3, -0.25) is 9.59 Å². The number of aryl methyl sites for hydroxylation is 2. The molecule has 7 heteroatoms. The molecule has 0 unspecified atom stereocenters. The van der Waals surface area contributed by atoms with Crippen LogP contribution in [0.4, 0.5) is 5.69 Å². The number of aromatic nitrogens is 3. The average Bonchev–Trinajstić information content (AvgIpc) is 2.94. The Hall–Kier alpha value is -2.86. The lowest BCUT2D eigenvalue weighted by molar-refractivity contribution is 0.102. The van der Waals surface area contributed by atoms with Gasteiger partial charge >= 0.3 is 0 Å². The van der Waals surface area contributed by atoms with Crippen molar-refractivity contribution in [3.05, 3.63) is 75.4 Å². The first-order chi connectivity index (χ1) is 11.5. The fraction of sp³-hybridized carbons (Fsp3) is 0.118. The lowest BCUT2D eigenvalue weighted by Crippen LogP contribution is -2.23. The van der Waals surface area contributed by atoms with E-state index in [1.54, 1.807) is 48.3 Å². The van der Waals surface area contributed by atoms with E-state index < -0.39 is 5.91 Å². The van der Waals surface area contributed by atoms with Crippen molar-refractivity contribution in [2.75, 3.05) is 5.32 Å². The lowest BCUT2D eigenvalue weighted by atomic mass is 10.3. The molecular formula is C17H15ClN4O2. The molecule has 0 aliphatic rings. The summed E-state index contributed by atoms with van der Waals surface area (Å²) in [6.07, 6.45) is 1.62. The number of hydrogen-bond donors (Lipinski definition) is 1. The van der Waals surface area contributed by atoms with E-state index in [1.807, 2.05) is 19.1 Å². The molecule has 0 aliphatic carbocycles. The van der Waals surface area contributed by atoms with Crippen molar-refractivity contribution in [1.29, 1.82) is 0 Å². The molecule has 1 amide bonds. The van der Waals surface area contributed by atoms with E-state index in [9.17, 15) is 9.59 Å². The van der Waals surface area contributed by atoms with E-state index in [-0.39, 0.29) is 16.9 Å². The van der Waals surface area contributed by atoms with Gasteiger partial charge < -0.3 is 9.88 Å². The fourth-order valence-electron chi connectivity index (χ4n) is 2.33. The molecule has 0 radical (unpaired) electrons. The van der Waals surface area contributed by atoms with E-state index in [4.69, 9.17) is 11.6 Å². The maximum absolute atomic E-state index is 12.4. The van der Waals surface area contributed by atoms with Crippen LogP contribution in [0.5, 0.6) is 0 Å². The number of rotatable bonds is 3. The van der Waals surface area contributed by atoms with Gasteiger partial charge in [0, 0.05) is 24.0 Å². The number of amides is 1. The molecule has 122 valence electrons. The van der Waals surface area contributed by atoms with Crippen LogP contribution in [-0.4, -0.2) is 20.3 Å². The summed E-state index contributed by atoms with van der Waals surface area (Å²) in [4.78, 5) is 24.4. The number of benzene rings is 1. The molecule has 24 heavy (non-hydrogen) atoms. The van der Waals surface area contributed by atoms with E-state index in [0.29, 0.717) is 5.02 Å².